The maximum atomic E-state index is 5.20. The first-order chi connectivity index (χ1) is 9.74. The maximum absolute atomic E-state index is 5.20. The minimum Gasteiger partial charge on any atom is -0.497 e. The van der Waals surface area contributed by atoms with E-state index in [1.165, 1.54) is 11.3 Å². The zero-order chi connectivity index (χ0) is 14.4. The lowest BCUT2D eigenvalue weighted by Crippen LogP contribution is -2.34. The molecule has 20 heavy (non-hydrogen) atoms. The number of rotatable bonds is 6. The highest BCUT2D eigenvalue weighted by Gasteiger charge is 2.13. The normalized spacial score (nSPS) is 11.9. The predicted molar refractivity (Wildman–Crippen MR) is 85.6 cm³/mol. The van der Waals surface area contributed by atoms with Crippen molar-refractivity contribution in [1.29, 1.82) is 0 Å². The van der Waals surface area contributed by atoms with E-state index in [1.807, 2.05) is 12.1 Å². The van der Waals surface area contributed by atoms with E-state index < -0.39 is 0 Å². The van der Waals surface area contributed by atoms with Gasteiger partial charge in [0.1, 0.15) is 5.75 Å². The molecule has 0 amide bonds. The number of hydrogen-bond acceptors (Lipinski definition) is 2. The molecule has 0 radical (unpaired) electrons. The number of benzene rings is 2. The maximum Gasteiger partial charge on any atom is 0.118 e. The van der Waals surface area contributed by atoms with Crippen LogP contribution in [0.25, 0.3) is 0 Å². The zero-order valence-electron chi connectivity index (χ0n) is 12.5. The highest BCUT2D eigenvalue weighted by molar-refractivity contribution is 5.47. The van der Waals surface area contributed by atoms with E-state index in [9.17, 15) is 0 Å². The molecule has 2 aromatic rings. The molecule has 0 unspecified atom stereocenters. The number of likely N-dealkylation sites (N-methyl/N-ethyl adjacent to an activating group) is 1. The quantitative estimate of drug-likeness (QED) is 0.781. The van der Waals surface area contributed by atoms with Crippen molar-refractivity contribution in [3.05, 3.63) is 60.2 Å². The average Bonchev–Trinajstić information content (AvgIpc) is 2.50. The van der Waals surface area contributed by atoms with Crippen LogP contribution in [0.2, 0.25) is 0 Å². The molecule has 1 atom stereocenters. The molecule has 0 aliphatic carbocycles. The second-order valence-corrected chi connectivity index (χ2v) is 5.02. The molecule has 0 bridgehead atoms. The Hall–Kier alpha value is -1.96. The summed E-state index contributed by atoms with van der Waals surface area (Å²) in [7, 11) is 1.70. The summed E-state index contributed by atoms with van der Waals surface area (Å²) < 4.78 is 5.20. The molecule has 0 fully saturated rings. The van der Waals surface area contributed by atoms with Crippen LogP contribution in [0.5, 0.6) is 5.75 Å². The van der Waals surface area contributed by atoms with Gasteiger partial charge < -0.3 is 9.64 Å². The second kappa shape index (κ2) is 6.99. The van der Waals surface area contributed by atoms with Crippen LogP contribution in [-0.2, 0) is 6.42 Å². The Labute approximate surface area is 122 Å². The summed E-state index contributed by atoms with van der Waals surface area (Å²) in [5.41, 5.74) is 2.63. The van der Waals surface area contributed by atoms with Crippen molar-refractivity contribution in [2.24, 2.45) is 0 Å². The number of nitrogens with zero attached hydrogens (tertiary/aromatic N) is 1. The highest BCUT2D eigenvalue weighted by Crippen LogP contribution is 2.19. The SMILES string of the molecule is CCN(c1ccccc1)[C@H](C)Cc1ccc(OC)cc1. The van der Waals surface area contributed by atoms with Gasteiger partial charge in [0.2, 0.25) is 0 Å². The van der Waals surface area contributed by atoms with Crippen LogP contribution >= 0.6 is 0 Å². The molecule has 0 aliphatic heterocycles. The van der Waals surface area contributed by atoms with Crippen molar-refractivity contribution < 1.29 is 4.74 Å². The molecule has 0 aromatic heterocycles. The summed E-state index contributed by atoms with van der Waals surface area (Å²) in [5, 5.41) is 0. The van der Waals surface area contributed by atoms with Gasteiger partial charge in [-0.25, -0.2) is 0 Å². The third kappa shape index (κ3) is 3.53. The first-order valence-electron chi connectivity index (χ1n) is 7.19. The number of hydrogen-bond donors (Lipinski definition) is 0. The van der Waals surface area contributed by atoms with E-state index in [0.29, 0.717) is 6.04 Å². The minimum absolute atomic E-state index is 0.468. The minimum atomic E-state index is 0.468. The lowest BCUT2D eigenvalue weighted by atomic mass is 10.0. The van der Waals surface area contributed by atoms with Crippen LogP contribution in [0.3, 0.4) is 0 Å². The van der Waals surface area contributed by atoms with Crippen molar-refractivity contribution in [3.8, 4) is 5.75 Å². The van der Waals surface area contributed by atoms with Crippen molar-refractivity contribution in [2.75, 3.05) is 18.6 Å². The number of anilines is 1. The summed E-state index contributed by atoms with van der Waals surface area (Å²) in [4.78, 5) is 2.43. The van der Waals surface area contributed by atoms with Crippen molar-refractivity contribution in [2.45, 2.75) is 26.3 Å². The smallest absolute Gasteiger partial charge is 0.118 e. The topological polar surface area (TPSA) is 12.5 Å². The fraction of sp³-hybridized carbons (Fsp3) is 0.333. The molecule has 0 N–H and O–H groups in total. The number of ether oxygens (including phenoxy) is 1. The van der Waals surface area contributed by atoms with Gasteiger partial charge in [-0.15, -0.1) is 0 Å². The molecule has 0 spiro atoms. The fourth-order valence-corrected chi connectivity index (χ4v) is 2.58. The fourth-order valence-electron chi connectivity index (χ4n) is 2.58. The van der Waals surface area contributed by atoms with Gasteiger partial charge in [0.15, 0.2) is 0 Å². The molecule has 2 rings (SSSR count). The van der Waals surface area contributed by atoms with Gasteiger partial charge in [-0.3, -0.25) is 0 Å². The molecule has 2 heteroatoms. The summed E-state index contributed by atoms with van der Waals surface area (Å²) in [6.45, 7) is 5.50. The lowest BCUT2D eigenvalue weighted by molar-refractivity contribution is 0.414. The van der Waals surface area contributed by atoms with Gasteiger partial charge in [-0.1, -0.05) is 30.3 Å². The molecule has 2 nitrogen and oxygen atoms in total. The predicted octanol–water partition coefficient (Wildman–Crippen LogP) is 4.15. The van der Waals surface area contributed by atoms with E-state index >= 15 is 0 Å². The third-order valence-electron chi connectivity index (χ3n) is 3.65. The molecule has 2 aromatic carbocycles. The Balaban J connectivity index is 2.07. The molecular formula is C18H23NO. The Kier molecular flexibility index (Phi) is 5.05. The van der Waals surface area contributed by atoms with Gasteiger partial charge in [-0.2, -0.15) is 0 Å². The van der Waals surface area contributed by atoms with E-state index in [0.717, 1.165) is 18.7 Å². The first kappa shape index (κ1) is 14.4. The van der Waals surface area contributed by atoms with E-state index in [1.54, 1.807) is 7.11 Å². The van der Waals surface area contributed by atoms with Crippen LogP contribution < -0.4 is 9.64 Å². The van der Waals surface area contributed by atoms with E-state index in [4.69, 9.17) is 4.74 Å². The third-order valence-corrected chi connectivity index (χ3v) is 3.65. The Bertz CT molecular complexity index is 507. The molecular weight excluding hydrogens is 246 g/mol. The standard InChI is InChI=1S/C18H23NO/c1-4-19(17-8-6-5-7-9-17)15(2)14-16-10-12-18(20-3)13-11-16/h5-13,15H,4,14H2,1-3H3/t15-/m1/s1. The lowest BCUT2D eigenvalue weighted by Gasteiger charge is -2.30. The summed E-state index contributed by atoms with van der Waals surface area (Å²) in [5.74, 6) is 0.914. The Morgan fingerprint density at radius 2 is 1.65 bits per heavy atom. The first-order valence-corrected chi connectivity index (χ1v) is 7.19. The summed E-state index contributed by atoms with van der Waals surface area (Å²) in [6, 6.07) is 19.4. The van der Waals surface area contributed by atoms with Gasteiger partial charge in [0.25, 0.3) is 0 Å². The van der Waals surface area contributed by atoms with E-state index in [-0.39, 0.29) is 0 Å². The van der Waals surface area contributed by atoms with Crippen LogP contribution in [0, 0.1) is 0 Å². The molecule has 0 saturated carbocycles. The van der Waals surface area contributed by atoms with Crippen molar-refractivity contribution in [3.63, 3.8) is 0 Å². The summed E-state index contributed by atoms with van der Waals surface area (Å²) >= 11 is 0. The molecule has 106 valence electrons. The molecule has 0 aliphatic rings. The highest BCUT2D eigenvalue weighted by atomic mass is 16.5. The van der Waals surface area contributed by atoms with Gasteiger partial charge in [0, 0.05) is 18.3 Å². The van der Waals surface area contributed by atoms with Crippen LogP contribution in [0.4, 0.5) is 5.69 Å². The van der Waals surface area contributed by atoms with Crippen molar-refractivity contribution >= 4 is 5.69 Å². The van der Waals surface area contributed by atoms with Gasteiger partial charge in [-0.05, 0) is 50.1 Å². The van der Waals surface area contributed by atoms with Gasteiger partial charge in [0.05, 0.1) is 7.11 Å². The van der Waals surface area contributed by atoms with Gasteiger partial charge >= 0.3 is 0 Å². The Morgan fingerprint density at radius 3 is 2.20 bits per heavy atom. The zero-order valence-corrected chi connectivity index (χ0v) is 12.5. The molecule has 0 saturated heterocycles. The Morgan fingerprint density at radius 1 is 1.00 bits per heavy atom. The average molecular weight is 269 g/mol. The van der Waals surface area contributed by atoms with Crippen LogP contribution in [0.15, 0.2) is 54.6 Å². The van der Waals surface area contributed by atoms with Crippen LogP contribution in [0.1, 0.15) is 19.4 Å². The number of methoxy groups -OCH3 is 1. The number of para-hydroxylation sites is 1. The van der Waals surface area contributed by atoms with E-state index in [2.05, 4.69) is 61.2 Å². The van der Waals surface area contributed by atoms with Crippen LogP contribution in [-0.4, -0.2) is 19.7 Å². The monoisotopic (exact) mass is 269 g/mol. The van der Waals surface area contributed by atoms with Crippen molar-refractivity contribution in [1.82, 2.24) is 0 Å². The molecule has 0 heterocycles. The second-order valence-electron chi connectivity index (χ2n) is 5.02. The summed E-state index contributed by atoms with van der Waals surface area (Å²) in [6.07, 6.45) is 1.03. The largest absolute Gasteiger partial charge is 0.497 e.